The molecule has 1 N–H and O–H groups in total. The first-order valence-corrected chi connectivity index (χ1v) is 6.89. The monoisotopic (exact) mass is 314 g/mol. The lowest BCUT2D eigenvalue weighted by Gasteiger charge is -2.16. The second-order valence-electron chi connectivity index (χ2n) is 3.61. The zero-order valence-electron chi connectivity index (χ0n) is 9.28. The number of nitrogens with one attached hydrogen (secondary N) is 1. The minimum Gasteiger partial charge on any atom is -0.313 e. The average molecular weight is 315 g/mol. The highest BCUT2D eigenvalue weighted by Crippen LogP contribution is 2.26. The van der Waals surface area contributed by atoms with Crippen molar-refractivity contribution in [2.24, 2.45) is 0 Å². The Labute approximate surface area is 112 Å². The van der Waals surface area contributed by atoms with Gasteiger partial charge < -0.3 is 5.32 Å². The van der Waals surface area contributed by atoms with E-state index in [9.17, 15) is 4.39 Å². The maximum atomic E-state index is 14.0. The van der Waals surface area contributed by atoms with Gasteiger partial charge in [-0.15, -0.1) is 11.3 Å². The Morgan fingerprint density at radius 2 is 2.35 bits per heavy atom. The summed E-state index contributed by atoms with van der Waals surface area (Å²) in [6.45, 7) is 0. The predicted molar refractivity (Wildman–Crippen MR) is 71.7 cm³/mol. The van der Waals surface area contributed by atoms with Crippen molar-refractivity contribution in [1.82, 2.24) is 10.3 Å². The molecular weight excluding hydrogens is 303 g/mol. The maximum Gasteiger partial charge on any atom is 0.142 e. The fraction of sp³-hybridized carbons (Fsp3) is 0.250. The van der Waals surface area contributed by atoms with Crippen molar-refractivity contribution in [1.29, 1.82) is 0 Å². The van der Waals surface area contributed by atoms with Crippen LogP contribution < -0.4 is 5.32 Å². The zero-order valence-corrected chi connectivity index (χ0v) is 11.7. The molecular formula is C12H12BrFN2S. The Hall–Kier alpha value is -0.780. The second kappa shape index (κ2) is 5.71. The molecule has 0 bridgehead atoms. The number of hydrogen-bond donors (Lipinski definition) is 1. The highest BCUT2D eigenvalue weighted by atomic mass is 79.9. The van der Waals surface area contributed by atoms with Crippen molar-refractivity contribution in [3.8, 4) is 0 Å². The van der Waals surface area contributed by atoms with Crippen LogP contribution in [-0.2, 0) is 6.42 Å². The lowest BCUT2D eigenvalue weighted by Crippen LogP contribution is -2.20. The van der Waals surface area contributed by atoms with Crippen molar-refractivity contribution in [3.05, 3.63) is 50.6 Å². The smallest absolute Gasteiger partial charge is 0.142 e. The van der Waals surface area contributed by atoms with Crippen LogP contribution in [0.5, 0.6) is 0 Å². The Bertz CT molecular complexity index is 487. The van der Waals surface area contributed by atoms with Crippen molar-refractivity contribution in [2.75, 3.05) is 7.05 Å². The molecule has 5 heteroatoms. The number of aromatic nitrogens is 1. The fourth-order valence-corrected chi connectivity index (χ4v) is 2.73. The van der Waals surface area contributed by atoms with Crippen molar-refractivity contribution >= 4 is 27.3 Å². The Kier molecular flexibility index (Phi) is 4.25. The van der Waals surface area contributed by atoms with Gasteiger partial charge in [0.25, 0.3) is 0 Å². The molecule has 0 spiro atoms. The van der Waals surface area contributed by atoms with Crippen LogP contribution in [0.3, 0.4) is 0 Å². The maximum absolute atomic E-state index is 14.0. The number of likely N-dealkylation sites (N-methyl/N-ethyl adjacent to an activating group) is 1. The van der Waals surface area contributed by atoms with Crippen LogP contribution in [0.4, 0.5) is 4.39 Å². The molecule has 0 saturated heterocycles. The van der Waals surface area contributed by atoms with Crippen LogP contribution in [0.25, 0.3) is 0 Å². The van der Waals surface area contributed by atoms with E-state index in [4.69, 9.17) is 0 Å². The summed E-state index contributed by atoms with van der Waals surface area (Å²) in [5.74, 6) is -0.205. The molecule has 1 aromatic carbocycles. The highest BCUT2D eigenvalue weighted by molar-refractivity contribution is 9.10. The summed E-state index contributed by atoms with van der Waals surface area (Å²) in [7, 11) is 1.83. The van der Waals surface area contributed by atoms with Crippen LogP contribution >= 0.6 is 27.3 Å². The molecule has 17 heavy (non-hydrogen) atoms. The molecule has 1 aromatic heterocycles. The third-order valence-electron chi connectivity index (χ3n) is 2.57. The number of nitrogens with zero attached hydrogens (tertiary/aromatic N) is 1. The summed E-state index contributed by atoms with van der Waals surface area (Å²) in [5, 5.41) is 6.06. The van der Waals surface area contributed by atoms with Crippen LogP contribution in [-0.4, -0.2) is 12.0 Å². The van der Waals surface area contributed by atoms with Gasteiger partial charge in [0, 0.05) is 29.6 Å². The normalized spacial score (nSPS) is 12.6. The highest BCUT2D eigenvalue weighted by Gasteiger charge is 2.17. The molecule has 90 valence electrons. The largest absolute Gasteiger partial charge is 0.313 e. The van der Waals surface area contributed by atoms with Gasteiger partial charge in [-0.2, -0.15) is 0 Å². The minimum atomic E-state index is -0.205. The summed E-state index contributed by atoms with van der Waals surface area (Å²) in [6, 6.07) is 5.29. The van der Waals surface area contributed by atoms with Gasteiger partial charge in [0.15, 0.2) is 0 Å². The van der Waals surface area contributed by atoms with E-state index in [1.807, 2.05) is 18.5 Å². The van der Waals surface area contributed by atoms with E-state index in [0.717, 1.165) is 5.01 Å². The van der Waals surface area contributed by atoms with E-state index in [1.54, 1.807) is 29.7 Å². The summed E-state index contributed by atoms with van der Waals surface area (Å²) in [5.41, 5.74) is 0.664. The SMILES string of the molecule is CNC(Cc1nccs1)c1cccc(Br)c1F. The molecule has 0 radical (unpaired) electrons. The van der Waals surface area contributed by atoms with Crippen LogP contribution in [0.1, 0.15) is 16.6 Å². The summed E-state index contributed by atoms with van der Waals surface area (Å²) in [4.78, 5) is 4.23. The van der Waals surface area contributed by atoms with E-state index in [2.05, 4.69) is 26.2 Å². The standard InChI is InChI=1S/C12H12BrFN2S/c1-15-10(7-11-16-5-6-17-11)8-3-2-4-9(13)12(8)14/h2-6,10,15H,7H2,1H3. The first-order chi connectivity index (χ1) is 8.22. The molecule has 0 fully saturated rings. The van der Waals surface area contributed by atoms with Crippen LogP contribution in [0.2, 0.25) is 0 Å². The van der Waals surface area contributed by atoms with Gasteiger partial charge in [0.2, 0.25) is 0 Å². The molecule has 0 amide bonds. The van der Waals surface area contributed by atoms with E-state index in [0.29, 0.717) is 16.5 Å². The molecule has 1 heterocycles. The van der Waals surface area contributed by atoms with Crippen molar-refractivity contribution < 1.29 is 4.39 Å². The molecule has 2 nitrogen and oxygen atoms in total. The Balaban J connectivity index is 2.26. The number of hydrogen-bond acceptors (Lipinski definition) is 3. The van der Waals surface area contributed by atoms with Crippen LogP contribution in [0, 0.1) is 5.82 Å². The average Bonchev–Trinajstić information content (AvgIpc) is 2.83. The molecule has 2 aromatic rings. The van der Waals surface area contributed by atoms with Gasteiger partial charge in [-0.25, -0.2) is 9.37 Å². The van der Waals surface area contributed by atoms with Gasteiger partial charge in [0.05, 0.1) is 9.48 Å². The fourth-order valence-electron chi connectivity index (χ4n) is 1.69. The number of rotatable bonds is 4. The number of thiazole rings is 1. The number of halogens is 2. The lowest BCUT2D eigenvalue weighted by molar-refractivity contribution is 0.530. The summed E-state index contributed by atoms with van der Waals surface area (Å²) in [6.07, 6.45) is 2.46. The van der Waals surface area contributed by atoms with Gasteiger partial charge >= 0.3 is 0 Å². The summed E-state index contributed by atoms with van der Waals surface area (Å²) >= 11 is 4.79. The van der Waals surface area contributed by atoms with E-state index in [-0.39, 0.29) is 11.9 Å². The predicted octanol–water partition coefficient (Wildman–Crippen LogP) is 3.55. The first-order valence-electron chi connectivity index (χ1n) is 5.22. The quantitative estimate of drug-likeness (QED) is 0.933. The van der Waals surface area contributed by atoms with E-state index in [1.165, 1.54) is 0 Å². The second-order valence-corrected chi connectivity index (χ2v) is 5.45. The minimum absolute atomic E-state index is 0.0568. The molecule has 0 aliphatic carbocycles. The van der Waals surface area contributed by atoms with Gasteiger partial charge in [-0.1, -0.05) is 12.1 Å². The zero-order chi connectivity index (χ0) is 12.3. The summed E-state index contributed by atoms with van der Waals surface area (Å²) < 4.78 is 14.5. The Morgan fingerprint density at radius 3 is 3.00 bits per heavy atom. The first kappa shape index (κ1) is 12.7. The van der Waals surface area contributed by atoms with Gasteiger partial charge in [0.1, 0.15) is 5.82 Å². The number of benzene rings is 1. The molecule has 0 aliphatic rings. The van der Waals surface area contributed by atoms with Gasteiger partial charge in [-0.3, -0.25) is 0 Å². The third-order valence-corrected chi connectivity index (χ3v) is 3.98. The molecule has 0 saturated carbocycles. The van der Waals surface area contributed by atoms with E-state index >= 15 is 0 Å². The third kappa shape index (κ3) is 2.91. The van der Waals surface area contributed by atoms with Crippen molar-refractivity contribution in [2.45, 2.75) is 12.5 Å². The molecule has 1 unspecified atom stereocenters. The molecule has 0 aliphatic heterocycles. The topological polar surface area (TPSA) is 24.9 Å². The van der Waals surface area contributed by atoms with Gasteiger partial charge in [-0.05, 0) is 29.0 Å². The molecule has 1 atom stereocenters. The van der Waals surface area contributed by atoms with Crippen molar-refractivity contribution in [3.63, 3.8) is 0 Å². The Morgan fingerprint density at radius 1 is 1.53 bits per heavy atom. The lowest BCUT2D eigenvalue weighted by atomic mass is 10.0. The van der Waals surface area contributed by atoms with Crippen LogP contribution in [0.15, 0.2) is 34.2 Å². The van der Waals surface area contributed by atoms with E-state index < -0.39 is 0 Å². The molecule has 2 rings (SSSR count).